The monoisotopic (exact) mass is 488 g/mol. The molecule has 0 fully saturated rings. The van der Waals surface area contributed by atoms with Crippen molar-refractivity contribution in [2.24, 2.45) is 0 Å². The number of pyridine rings is 2. The summed E-state index contributed by atoms with van der Waals surface area (Å²) in [6.45, 7) is 0. The number of H-pyrrole nitrogens is 2. The Hall–Kier alpha value is -4.08. The number of hydrogen-bond acceptors (Lipinski definition) is 7. The normalized spacial score (nSPS) is 11.5. The zero-order chi connectivity index (χ0) is 23.4. The first-order valence-electron chi connectivity index (χ1n) is 10.1. The van der Waals surface area contributed by atoms with Gasteiger partial charge in [0.15, 0.2) is 17.3 Å². The van der Waals surface area contributed by atoms with Crippen LogP contribution in [0.15, 0.2) is 55.2 Å². The fraction of sp³-hybridized carbons (Fsp3) is 0.0435. The second-order valence-electron chi connectivity index (χ2n) is 7.66. The number of carbonyl (C=O) groups is 1. The molecule has 0 bridgehead atoms. The fourth-order valence-corrected chi connectivity index (χ4v) is 4.19. The highest BCUT2D eigenvalue weighted by Crippen LogP contribution is 2.31. The van der Waals surface area contributed by atoms with Crippen molar-refractivity contribution in [3.8, 4) is 0 Å². The molecule has 0 saturated carbocycles. The third kappa shape index (κ3) is 3.33. The number of nitrogens with one attached hydrogen (secondary N) is 2. The molecular formula is C23H14Cl2N8O. The molecule has 6 rings (SSSR count). The topological polar surface area (TPSA) is 116 Å². The van der Waals surface area contributed by atoms with Crippen molar-refractivity contribution in [1.29, 1.82) is 0 Å². The fourth-order valence-electron chi connectivity index (χ4n) is 3.83. The molecule has 0 atom stereocenters. The first kappa shape index (κ1) is 20.5. The van der Waals surface area contributed by atoms with Crippen molar-refractivity contribution in [2.45, 2.75) is 0 Å². The van der Waals surface area contributed by atoms with Crippen LogP contribution in [0.3, 0.4) is 0 Å². The van der Waals surface area contributed by atoms with Gasteiger partial charge in [-0.25, -0.2) is 19.9 Å². The van der Waals surface area contributed by atoms with E-state index in [1.807, 2.05) is 18.0 Å². The Bertz CT molecular complexity index is 1740. The quantitative estimate of drug-likeness (QED) is 0.332. The molecule has 11 heteroatoms. The van der Waals surface area contributed by atoms with Crippen molar-refractivity contribution in [3.05, 3.63) is 76.7 Å². The highest BCUT2D eigenvalue weighted by Gasteiger charge is 2.20. The zero-order valence-electron chi connectivity index (χ0n) is 17.5. The molecule has 166 valence electrons. The summed E-state index contributed by atoms with van der Waals surface area (Å²) in [5.74, 6) is 0.413. The number of rotatable bonds is 4. The van der Waals surface area contributed by atoms with Crippen LogP contribution in [0.4, 0.5) is 11.5 Å². The number of hydrogen-bond donors (Lipinski definition) is 2. The van der Waals surface area contributed by atoms with Crippen LogP contribution in [0.2, 0.25) is 10.0 Å². The molecule has 34 heavy (non-hydrogen) atoms. The number of carbonyl (C=O) groups excluding carboxylic acids is 1. The SMILES string of the molecule is CN(c1cnc2[nH]cc(Cl)c2c1)c1ncnc2nc(C(=O)c3ccc4ncc(Cl)cc4c3)[nH]c12. The molecule has 0 saturated heterocycles. The molecule has 0 aliphatic rings. The Kier molecular flexibility index (Phi) is 4.68. The molecule has 0 radical (unpaired) electrons. The van der Waals surface area contributed by atoms with Crippen LogP contribution in [0, 0.1) is 0 Å². The van der Waals surface area contributed by atoms with Gasteiger partial charge in [0, 0.05) is 35.8 Å². The van der Waals surface area contributed by atoms with E-state index in [0.717, 1.165) is 22.0 Å². The van der Waals surface area contributed by atoms with Gasteiger partial charge < -0.3 is 14.9 Å². The lowest BCUT2D eigenvalue weighted by Gasteiger charge is -2.18. The number of ketones is 1. The molecule has 6 aromatic rings. The average molecular weight is 489 g/mol. The van der Waals surface area contributed by atoms with Crippen LogP contribution >= 0.6 is 23.2 Å². The Morgan fingerprint density at radius 2 is 1.91 bits per heavy atom. The van der Waals surface area contributed by atoms with E-state index in [1.165, 1.54) is 6.33 Å². The molecule has 0 amide bonds. The smallest absolute Gasteiger partial charge is 0.228 e. The van der Waals surface area contributed by atoms with Crippen LogP contribution in [0.25, 0.3) is 33.1 Å². The van der Waals surface area contributed by atoms with Crippen LogP contribution in [0.5, 0.6) is 0 Å². The number of nitrogens with zero attached hydrogens (tertiary/aromatic N) is 6. The summed E-state index contributed by atoms with van der Waals surface area (Å²) in [7, 11) is 1.84. The average Bonchev–Trinajstić information content (AvgIpc) is 3.46. The summed E-state index contributed by atoms with van der Waals surface area (Å²) in [6, 6.07) is 8.89. The van der Waals surface area contributed by atoms with Crippen LogP contribution in [-0.2, 0) is 0 Å². The molecule has 0 aliphatic carbocycles. The lowest BCUT2D eigenvalue weighted by atomic mass is 10.1. The molecule has 9 nitrogen and oxygen atoms in total. The Balaban J connectivity index is 1.40. The second-order valence-corrected chi connectivity index (χ2v) is 8.50. The second kappa shape index (κ2) is 7.75. The van der Waals surface area contributed by atoms with Crippen molar-refractivity contribution in [3.63, 3.8) is 0 Å². The van der Waals surface area contributed by atoms with Gasteiger partial charge in [0.1, 0.15) is 17.5 Å². The summed E-state index contributed by atoms with van der Waals surface area (Å²) >= 11 is 12.3. The summed E-state index contributed by atoms with van der Waals surface area (Å²) in [5, 5.41) is 2.63. The Morgan fingerprint density at radius 3 is 2.79 bits per heavy atom. The third-order valence-electron chi connectivity index (χ3n) is 5.56. The number of anilines is 2. The Labute approximate surface area is 201 Å². The van der Waals surface area contributed by atoms with Gasteiger partial charge in [0.05, 0.1) is 27.4 Å². The lowest BCUT2D eigenvalue weighted by Crippen LogP contribution is -2.12. The largest absolute Gasteiger partial charge is 0.345 e. The van der Waals surface area contributed by atoms with Gasteiger partial charge in [-0.05, 0) is 30.3 Å². The highest BCUT2D eigenvalue weighted by atomic mass is 35.5. The van der Waals surface area contributed by atoms with Crippen LogP contribution < -0.4 is 4.90 Å². The number of imidazole rings is 1. The predicted molar refractivity (Wildman–Crippen MR) is 131 cm³/mol. The van der Waals surface area contributed by atoms with E-state index >= 15 is 0 Å². The molecule has 5 aromatic heterocycles. The summed E-state index contributed by atoms with van der Waals surface area (Å²) < 4.78 is 0. The zero-order valence-corrected chi connectivity index (χ0v) is 19.1. The van der Waals surface area contributed by atoms with Crippen molar-refractivity contribution in [1.82, 2.24) is 34.9 Å². The van der Waals surface area contributed by atoms with Crippen LogP contribution in [-0.4, -0.2) is 47.7 Å². The number of fused-ring (bicyclic) bond motifs is 3. The Morgan fingerprint density at radius 1 is 1.03 bits per heavy atom. The maximum atomic E-state index is 13.2. The maximum Gasteiger partial charge on any atom is 0.228 e. The minimum Gasteiger partial charge on any atom is -0.345 e. The van der Waals surface area contributed by atoms with E-state index in [4.69, 9.17) is 23.2 Å². The maximum absolute atomic E-state index is 13.2. The van der Waals surface area contributed by atoms with Gasteiger partial charge in [-0.15, -0.1) is 0 Å². The van der Waals surface area contributed by atoms with Crippen molar-refractivity contribution in [2.75, 3.05) is 11.9 Å². The number of benzene rings is 1. The van der Waals surface area contributed by atoms with E-state index < -0.39 is 0 Å². The minimum atomic E-state index is -0.282. The van der Waals surface area contributed by atoms with Crippen molar-refractivity contribution < 1.29 is 4.79 Å². The first-order chi connectivity index (χ1) is 16.5. The molecule has 0 spiro atoms. The van der Waals surface area contributed by atoms with Gasteiger partial charge in [-0.2, -0.15) is 0 Å². The molecule has 0 unspecified atom stereocenters. The summed E-state index contributed by atoms with van der Waals surface area (Å²) in [6.07, 6.45) is 6.37. The van der Waals surface area contributed by atoms with E-state index in [0.29, 0.717) is 38.2 Å². The number of aromatic amines is 2. The summed E-state index contributed by atoms with van der Waals surface area (Å²) in [5.41, 5.74) is 3.55. The standard InChI is InChI=1S/C23H14Cl2N8O/c1-33(14-6-15-16(25)9-28-20(15)27-8-14)23-18-21(29-10-30-23)32-22(31-18)19(34)11-2-3-17-12(4-11)5-13(24)7-26-17/h2-10H,1H3,(H,27,28)(H,29,30,31,32). The van der Waals surface area contributed by atoms with E-state index in [1.54, 1.807) is 42.9 Å². The first-order valence-corrected chi connectivity index (χ1v) is 10.9. The van der Waals surface area contributed by atoms with Gasteiger partial charge in [0.2, 0.25) is 5.78 Å². The van der Waals surface area contributed by atoms with Crippen molar-refractivity contribution >= 4 is 73.6 Å². The predicted octanol–water partition coefficient (Wildman–Crippen LogP) is 5.08. The van der Waals surface area contributed by atoms with Gasteiger partial charge in [-0.1, -0.05) is 23.2 Å². The van der Waals surface area contributed by atoms with Crippen LogP contribution in [0.1, 0.15) is 16.2 Å². The molecule has 0 aliphatic heterocycles. The van der Waals surface area contributed by atoms with E-state index in [9.17, 15) is 4.79 Å². The highest BCUT2D eigenvalue weighted by molar-refractivity contribution is 6.35. The molecule has 5 heterocycles. The van der Waals surface area contributed by atoms with E-state index in [2.05, 4.69) is 34.9 Å². The molecule has 1 aromatic carbocycles. The third-order valence-corrected chi connectivity index (χ3v) is 6.08. The van der Waals surface area contributed by atoms with E-state index in [-0.39, 0.29) is 11.6 Å². The summed E-state index contributed by atoms with van der Waals surface area (Å²) in [4.78, 5) is 42.9. The number of aromatic nitrogens is 7. The lowest BCUT2D eigenvalue weighted by molar-refractivity contribution is 0.103. The van der Waals surface area contributed by atoms with Gasteiger partial charge in [0.25, 0.3) is 0 Å². The number of halogens is 2. The van der Waals surface area contributed by atoms with Gasteiger partial charge in [-0.3, -0.25) is 9.78 Å². The molecular weight excluding hydrogens is 475 g/mol. The minimum absolute atomic E-state index is 0.154. The van der Waals surface area contributed by atoms with Gasteiger partial charge >= 0.3 is 0 Å². The molecule has 2 N–H and O–H groups in total.